The Morgan fingerprint density at radius 1 is 0.974 bits per heavy atom. The van der Waals surface area contributed by atoms with E-state index in [0.717, 1.165) is 17.2 Å². The number of hydrogen-bond donors (Lipinski definition) is 1. The van der Waals surface area contributed by atoms with Gasteiger partial charge in [0, 0.05) is 30.9 Å². The number of ether oxygens (including phenoxy) is 2. The third-order valence-corrected chi connectivity index (χ3v) is 8.30. The first-order valence-corrected chi connectivity index (χ1v) is 12.9. The monoisotopic (exact) mass is 536 g/mol. The summed E-state index contributed by atoms with van der Waals surface area (Å²) in [6, 6.07) is 10.1. The van der Waals surface area contributed by atoms with Crippen molar-refractivity contribution in [1.82, 2.24) is 14.5 Å². The zero-order valence-electron chi connectivity index (χ0n) is 21.1. The zero-order chi connectivity index (χ0) is 27.0. The third kappa shape index (κ3) is 3.39. The van der Waals surface area contributed by atoms with E-state index in [9.17, 15) is 19.1 Å². The summed E-state index contributed by atoms with van der Waals surface area (Å²) in [6.45, 7) is 1.61. The molecule has 2 fully saturated rings. The van der Waals surface area contributed by atoms with Crippen LogP contribution in [-0.4, -0.2) is 71.6 Å². The molecule has 4 aliphatic rings. The minimum absolute atomic E-state index is 0.138. The van der Waals surface area contributed by atoms with Gasteiger partial charge in [-0.15, -0.1) is 0 Å². The van der Waals surface area contributed by atoms with E-state index in [-0.39, 0.29) is 31.0 Å². The van der Waals surface area contributed by atoms with Crippen molar-refractivity contribution in [1.29, 1.82) is 0 Å². The molecule has 0 radical (unpaired) electrons. The molecule has 1 N–H and O–H groups in total. The fourth-order valence-electron chi connectivity index (χ4n) is 6.54. The van der Waals surface area contributed by atoms with Gasteiger partial charge >= 0.3 is 0 Å². The van der Waals surface area contributed by atoms with Crippen LogP contribution in [0.3, 0.4) is 0 Å². The highest BCUT2D eigenvalue weighted by atomic mass is 19.2. The van der Waals surface area contributed by atoms with Crippen molar-refractivity contribution in [2.45, 2.75) is 24.4 Å². The van der Waals surface area contributed by atoms with Crippen molar-refractivity contribution in [3.8, 4) is 5.75 Å². The van der Waals surface area contributed by atoms with Crippen LogP contribution in [0.2, 0.25) is 0 Å². The average Bonchev–Trinajstić information content (AvgIpc) is 3.07. The van der Waals surface area contributed by atoms with Gasteiger partial charge in [-0.1, -0.05) is 30.3 Å². The van der Waals surface area contributed by atoms with Crippen LogP contribution in [0.15, 0.2) is 53.5 Å². The van der Waals surface area contributed by atoms with Crippen molar-refractivity contribution >= 4 is 5.91 Å². The van der Waals surface area contributed by atoms with Gasteiger partial charge in [-0.05, 0) is 29.8 Å². The number of rotatable bonds is 1. The number of morpholine rings is 2. The maximum Gasteiger partial charge on any atom is 0.278 e. The Kier molecular flexibility index (Phi) is 5.51. The molecule has 3 aromatic rings. The van der Waals surface area contributed by atoms with E-state index in [1.807, 2.05) is 41.2 Å². The average molecular weight is 537 g/mol. The van der Waals surface area contributed by atoms with Crippen molar-refractivity contribution < 1.29 is 28.2 Å². The van der Waals surface area contributed by atoms with Crippen LogP contribution < -0.4 is 10.4 Å². The number of fused-ring (bicyclic) bond motifs is 7. The molecular formula is C28H26F2N4O5. The number of hydrogen-bond acceptors (Lipinski definition) is 7. The quantitative estimate of drug-likeness (QED) is 0.511. The lowest BCUT2D eigenvalue weighted by Gasteiger charge is -2.51. The first kappa shape index (κ1) is 24.3. The molecule has 4 unspecified atom stereocenters. The van der Waals surface area contributed by atoms with Gasteiger partial charge < -0.3 is 19.5 Å². The summed E-state index contributed by atoms with van der Waals surface area (Å²) in [5, 5.41) is 12.6. The summed E-state index contributed by atoms with van der Waals surface area (Å²) in [5.74, 6) is -3.08. The molecule has 2 saturated heterocycles. The first-order valence-electron chi connectivity index (χ1n) is 12.9. The van der Waals surface area contributed by atoms with Crippen molar-refractivity contribution in [3.63, 3.8) is 0 Å². The van der Waals surface area contributed by atoms with Gasteiger partial charge in [-0.3, -0.25) is 24.2 Å². The van der Waals surface area contributed by atoms with E-state index in [0.29, 0.717) is 18.7 Å². The summed E-state index contributed by atoms with van der Waals surface area (Å²) in [5.41, 5.74) is 1.39. The second-order valence-electron chi connectivity index (χ2n) is 10.3. The SMILES string of the molecule is CN1CCOC2c3ccccc3C(N3C4COCCN4C(=O)c4c(O)c(=O)ccn43)c3ccc(F)c(F)c3C21. The van der Waals surface area contributed by atoms with Crippen molar-refractivity contribution in [2.24, 2.45) is 0 Å². The fraction of sp³-hybridized carbons (Fsp3) is 0.357. The number of nitrogens with zero attached hydrogens (tertiary/aromatic N) is 4. The van der Waals surface area contributed by atoms with Crippen LogP contribution in [-0.2, 0) is 9.47 Å². The Labute approximate surface area is 222 Å². The van der Waals surface area contributed by atoms with Crippen LogP contribution in [0, 0.1) is 11.6 Å². The van der Waals surface area contributed by atoms with Crippen LogP contribution >= 0.6 is 0 Å². The normalized spacial score (nSPS) is 26.2. The van der Waals surface area contributed by atoms with Crippen molar-refractivity contribution in [3.05, 3.63) is 98.5 Å². The summed E-state index contributed by atoms with van der Waals surface area (Å²) in [6.07, 6.45) is 0.203. The molecule has 3 aliphatic heterocycles. The number of carbonyl (C=O) groups excluding carboxylic acids is 1. The van der Waals surface area contributed by atoms with E-state index >= 15 is 4.39 Å². The topological polar surface area (TPSA) is 87.5 Å². The smallest absolute Gasteiger partial charge is 0.278 e. The molecule has 1 aliphatic carbocycles. The zero-order valence-corrected chi connectivity index (χ0v) is 21.1. The Balaban J connectivity index is 1.57. The predicted octanol–water partition coefficient (Wildman–Crippen LogP) is 2.43. The van der Waals surface area contributed by atoms with Gasteiger partial charge in [0.05, 0.1) is 31.9 Å². The number of halogens is 2. The van der Waals surface area contributed by atoms with Gasteiger partial charge in [0.1, 0.15) is 12.3 Å². The molecule has 11 heteroatoms. The minimum atomic E-state index is -0.964. The maximum atomic E-state index is 15.9. The molecule has 0 spiro atoms. The first-order chi connectivity index (χ1) is 18.9. The van der Waals surface area contributed by atoms with Crippen molar-refractivity contribution in [2.75, 3.05) is 45.0 Å². The fourth-order valence-corrected chi connectivity index (χ4v) is 6.54. The number of pyridine rings is 1. The van der Waals surface area contributed by atoms with Gasteiger partial charge in [-0.25, -0.2) is 8.78 Å². The second-order valence-corrected chi connectivity index (χ2v) is 10.3. The van der Waals surface area contributed by atoms with Gasteiger partial charge in [-0.2, -0.15) is 0 Å². The molecule has 39 heavy (non-hydrogen) atoms. The van der Waals surface area contributed by atoms with Gasteiger partial charge in [0.25, 0.3) is 5.91 Å². The highest BCUT2D eigenvalue weighted by molar-refractivity contribution is 5.96. The molecule has 202 valence electrons. The van der Waals surface area contributed by atoms with E-state index < -0.39 is 53.1 Å². The molecule has 0 saturated carbocycles. The molecule has 4 atom stereocenters. The predicted molar refractivity (Wildman–Crippen MR) is 135 cm³/mol. The van der Waals surface area contributed by atoms with Crippen LogP contribution in [0.4, 0.5) is 8.78 Å². The molecule has 4 heterocycles. The number of aromatic nitrogens is 1. The molecule has 9 nitrogen and oxygen atoms in total. The Morgan fingerprint density at radius 3 is 2.59 bits per heavy atom. The van der Waals surface area contributed by atoms with E-state index in [2.05, 4.69) is 0 Å². The highest BCUT2D eigenvalue weighted by Crippen LogP contribution is 2.51. The molecule has 1 amide bonds. The van der Waals surface area contributed by atoms with Crippen LogP contribution in [0.25, 0.3) is 0 Å². The standard InChI is InChI=1S/C28H26F2N4O5/c1-31-10-13-39-27-16-5-3-2-4-15(16)23(17-6-7-18(29)22(30)21(17)24(27)31)34-20-14-38-12-11-32(20)28(37)25-26(36)19(35)8-9-33(25)34/h2-9,20,23-24,27,36H,10-14H2,1H3. The summed E-state index contributed by atoms with van der Waals surface area (Å²) >= 11 is 0. The largest absolute Gasteiger partial charge is 0.502 e. The summed E-state index contributed by atoms with van der Waals surface area (Å²) < 4.78 is 44.3. The maximum absolute atomic E-state index is 15.9. The number of aromatic hydroxyl groups is 1. The van der Waals surface area contributed by atoms with Gasteiger partial charge in [0.15, 0.2) is 23.1 Å². The van der Waals surface area contributed by atoms with E-state index in [1.165, 1.54) is 16.9 Å². The summed E-state index contributed by atoms with van der Waals surface area (Å²) in [7, 11) is 1.87. The second kappa shape index (κ2) is 8.87. The molecular weight excluding hydrogens is 510 g/mol. The summed E-state index contributed by atoms with van der Waals surface area (Å²) in [4.78, 5) is 29.5. The lowest BCUT2D eigenvalue weighted by Crippen LogP contribution is -2.66. The number of benzene rings is 2. The van der Waals surface area contributed by atoms with E-state index in [4.69, 9.17) is 9.47 Å². The number of carbonyl (C=O) groups is 1. The molecule has 1 aromatic heterocycles. The lowest BCUT2D eigenvalue weighted by atomic mass is 9.91. The Morgan fingerprint density at radius 2 is 1.77 bits per heavy atom. The molecule has 7 rings (SSSR count). The molecule has 2 aromatic carbocycles. The van der Waals surface area contributed by atoms with Crippen LogP contribution in [0.5, 0.6) is 5.75 Å². The highest BCUT2D eigenvalue weighted by Gasteiger charge is 2.49. The van der Waals surface area contributed by atoms with Crippen LogP contribution in [0.1, 0.15) is 50.9 Å². The lowest BCUT2D eigenvalue weighted by molar-refractivity contribution is -0.0662. The minimum Gasteiger partial charge on any atom is -0.502 e. The number of likely N-dealkylation sites (N-methyl/N-ethyl adjacent to an activating group) is 1. The Bertz CT molecular complexity index is 1560. The van der Waals surface area contributed by atoms with Gasteiger partial charge in [0.2, 0.25) is 5.43 Å². The Hall–Kier alpha value is -3.80. The number of amides is 1. The third-order valence-electron chi connectivity index (χ3n) is 8.30. The van der Waals surface area contributed by atoms with E-state index in [1.54, 1.807) is 11.0 Å². The molecule has 0 bridgehead atoms.